The van der Waals surface area contributed by atoms with Crippen molar-refractivity contribution in [3.05, 3.63) is 51.8 Å². The van der Waals surface area contributed by atoms with E-state index in [1.807, 2.05) is 0 Å². The molecule has 0 aliphatic carbocycles. The average Bonchev–Trinajstić information content (AvgIpc) is 2.81. The van der Waals surface area contributed by atoms with E-state index in [0.29, 0.717) is 15.7 Å². The fourth-order valence-electron chi connectivity index (χ4n) is 1.50. The Labute approximate surface area is 111 Å². The van der Waals surface area contributed by atoms with Crippen LogP contribution in [0.1, 0.15) is 26.4 Å². The van der Waals surface area contributed by atoms with Crippen molar-refractivity contribution in [2.45, 2.75) is 0 Å². The molecule has 0 saturated carbocycles. The standard InChI is InChI=1S/C12H9BrN2O3/c13-8-2-1-6(3-9(8)14)11(16)7-4-10(12(17)18)15-5-7/h1-5,15H,14H2,(H,17,18). The molecule has 0 saturated heterocycles. The summed E-state index contributed by atoms with van der Waals surface area (Å²) in [6.45, 7) is 0. The van der Waals surface area contributed by atoms with Crippen molar-refractivity contribution >= 4 is 33.4 Å². The molecule has 0 aliphatic heterocycles. The van der Waals surface area contributed by atoms with E-state index in [0.717, 1.165) is 0 Å². The quantitative estimate of drug-likeness (QED) is 0.598. The fourth-order valence-corrected chi connectivity index (χ4v) is 1.75. The van der Waals surface area contributed by atoms with Crippen LogP contribution in [-0.4, -0.2) is 21.8 Å². The SMILES string of the molecule is Nc1cc(C(=O)c2c[nH]c(C(=O)O)c2)ccc1Br. The lowest BCUT2D eigenvalue weighted by Gasteiger charge is -2.02. The highest BCUT2D eigenvalue weighted by molar-refractivity contribution is 9.10. The van der Waals surface area contributed by atoms with E-state index in [1.54, 1.807) is 18.2 Å². The van der Waals surface area contributed by atoms with Crippen LogP contribution in [0.15, 0.2) is 34.9 Å². The number of hydrogen-bond donors (Lipinski definition) is 3. The molecule has 0 bridgehead atoms. The Hall–Kier alpha value is -2.08. The molecule has 1 aromatic heterocycles. The summed E-state index contributed by atoms with van der Waals surface area (Å²) in [6.07, 6.45) is 1.37. The van der Waals surface area contributed by atoms with Gasteiger partial charge in [-0.3, -0.25) is 4.79 Å². The predicted molar refractivity (Wildman–Crippen MR) is 69.7 cm³/mol. The van der Waals surface area contributed by atoms with Crippen molar-refractivity contribution in [1.29, 1.82) is 0 Å². The van der Waals surface area contributed by atoms with E-state index >= 15 is 0 Å². The maximum absolute atomic E-state index is 12.1. The second-order valence-corrected chi connectivity index (χ2v) is 4.53. The molecule has 18 heavy (non-hydrogen) atoms. The molecule has 0 spiro atoms. The minimum absolute atomic E-state index is 0.0246. The van der Waals surface area contributed by atoms with Crippen molar-refractivity contribution in [2.75, 3.05) is 5.73 Å². The molecule has 2 rings (SSSR count). The molecule has 5 nitrogen and oxygen atoms in total. The summed E-state index contributed by atoms with van der Waals surface area (Å²) < 4.78 is 0.708. The van der Waals surface area contributed by atoms with E-state index in [9.17, 15) is 9.59 Å². The van der Waals surface area contributed by atoms with Crippen LogP contribution >= 0.6 is 15.9 Å². The monoisotopic (exact) mass is 308 g/mol. The molecular formula is C12H9BrN2O3. The summed E-state index contributed by atoms with van der Waals surface area (Å²) in [5.41, 5.74) is 6.81. The number of anilines is 1. The van der Waals surface area contributed by atoms with Gasteiger partial charge in [-0.2, -0.15) is 0 Å². The highest BCUT2D eigenvalue weighted by Gasteiger charge is 2.14. The summed E-state index contributed by atoms with van der Waals surface area (Å²) in [4.78, 5) is 25.3. The molecule has 0 atom stereocenters. The summed E-state index contributed by atoms with van der Waals surface area (Å²) in [5.74, 6) is -1.39. The number of nitrogens with one attached hydrogen (secondary N) is 1. The number of nitrogen functional groups attached to an aromatic ring is 1. The van der Waals surface area contributed by atoms with Crippen molar-refractivity contribution in [3.8, 4) is 0 Å². The molecule has 0 amide bonds. The molecule has 1 aromatic carbocycles. The number of H-pyrrole nitrogens is 1. The van der Waals surface area contributed by atoms with Crippen molar-refractivity contribution in [3.63, 3.8) is 0 Å². The number of hydrogen-bond acceptors (Lipinski definition) is 3. The van der Waals surface area contributed by atoms with Gasteiger partial charge < -0.3 is 15.8 Å². The largest absolute Gasteiger partial charge is 0.477 e. The van der Waals surface area contributed by atoms with Crippen LogP contribution in [0, 0.1) is 0 Å². The van der Waals surface area contributed by atoms with Crippen molar-refractivity contribution in [1.82, 2.24) is 4.98 Å². The number of ketones is 1. The lowest BCUT2D eigenvalue weighted by molar-refractivity contribution is 0.0691. The Balaban J connectivity index is 2.35. The number of benzene rings is 1. The first-order valence-electron chi connectivity index (χ1n) is 5.00. The molecule has 6 heteroatoms. The molecule has 0 unspecified atom stereocenters. The minimum atomic E-state index is -1.11. The predicted octanol–water partition coefficient (Wildman–Crippen LogP) is 2.29. The van der Waals surface area contributed by atoms with E-state index in [2.05, 4.69) is 20.9 Å². The summed E-state index contributed by atoms with van der Waals surface area (Å²) in [6, 6.07) is 6.13. The summed E-state index contributed by atoms with van der Waals surface area (Å²) in [7, 11) is 0. The number of aromatic amines is 1. The van der Waals surface area contributed by atoms with Gasteiger partial charge in [-0.15, -0.1) is 0 Å². The molecule has 92 valence electrons. The van der Waals surface area contributed by atoms with E-state index < -0.39 is 5.97 Å². The van der Waals surface area contributed by atoms with Gasteiger partial charge in [-0.1, -0.05) is 0 Å². The van der Waals surface area contributed by atoms with Crippen LogP contribution in [0.25, 0.3) is 0 Å². The molecule has 1 heterocycles. The van der Waals surface area contributed by atoms with Gasteiger partial charge in [0.1, 0.15) is 5.69 Å². The summed E-state index contributed by atoms with van der Waals surface area (Å²) in [5, 5.41) is 8.76. The molecular weight excluding hydrogens is 300 g/mol. The zero-order valence-corrected chi connectivity index (χ0v) is 10.7. The second kappa shape index (κ2) is 4.66. The summed E-state index contributed by atoms with van der Waals surface area (Å²) >= 11 is 3.24. The maximum atomic E-state index is 12.1. The number of rotatable bonds is 3. The zero-order chi connectivity index (χ0) is 13.3. The van der Waals surface area contributed by atoms with Crippen LogP contribution in [0.4, 0.5) is 5.69 Å². The third kappa shape index (κ3) is 2.28. The van der Waals surface area contributed by atoms with E-state index in [1.165, 1.54) is 12.3 Å². The maximum Gasteiger partial charge on any atom is 0.352 e. The number of aromatic nitrogens is 1. The van der Waals surface area contributed by atoms with Crippen LogP contribution < -0.4 is 5.73 Å². The number of carbonyl (C=O) groups is 2. The number of carboxylic acids is 1. The third-order valence-corrected chi connectivity index (χ3v) is 3.16. The highest BCUT2D eigenvalue weighted by Crippen LogP contribution is 2.22. The Morgan fingerprint density at radius 2 is 1.94 bits per heavy atom. The topological polar surface area (TPSA) is 96.2 Å². The van der Waals surface area contributed by atoms with Gasteiger partial charge >= 0.3 is 5.97 Å². The first-order valence-corrected chi connectivity index (χ1v) is 5.80. The molecule has 4 N–H and O–H groups in total. The van der Waals surface area contributed by atoms with Gasteiger partial charge in [-0.25, -0.2) is 4.79 Å². The van der Waals surface area contributed by atoms with Gasteiger partial charge in [0.2, 0.25) is 0 Å². The molecule has 0 fully saturated rings. The van der Waals surface area contributed by atoms with Crippen LogP contribution in [0.2, 0.25) is 0 Å². The Bertz CT molecular complexity index is 634. The van der Waals surface area contributed by atoms with Gasteiger partial charge in [0.25, 0.3) is 0 Å². The van der Waals surface area contributed by atoms with E-state index in [-0.39, 0.29) is 17.0 Å². The van der Waals surface area contributed by atoms with Gasteiger partial charge in [0, 0.05) is 27.5 Å². The molecule has 2 aromatic rings. The number of nitrogens with two attached hydrogens (primary N) is 1. The Morgan fingerprint density at radius 3 is 2.50 bits per heavy atom. The second-order valence-electron chi connectivity index (χ2n) is 3.67. The number of aromatic carboxylic acids is 1. The van der Waals surface area contributed by atoms with Crippen LogP contribution in [0.5, 0.6) is 0 Å². The average molecular weight is 309 g/mol. The van der Waals surface area contributed by atoms with E-state index in [4.69, 9.17) is 10.8 Å². The normalized spacial score (nSPS) is 10.3. The first kappa shape index (κ1) is 12.4. The van der Waals surface area contributed by atoms with Crippen LogP contribution in [0.3, 0.4) is 0 Å². The van der Waals surface area contributed by atoms with Gasteiger partial charge in [0.05, 0.1) is 0 Å². The zero-order valence-electron chi connectivity index (χ0n) is 9.11. The third-order valence-electron chi connectivity index (χ3n) is 2.43. The number of carboxylic acid groups (broad SMARTS) is 1. The number of carbonyl (C=O) groups excluding carboxylic acids is 1. The smallest absolute Gasteiger partial charge is 0.352 e. The molecule has 0 aliphatic rings. The van der Waals surface area contributed by atoms with Crippen LogP contribution in [-0.2, 0) is 0 Å². The van der Waals surface area contributed by atoms with Gasteiger partial charge in [-0.05, 0) is 40.2 Å². The Kier molecular flexibility index (Phi) is 3.20. The highest BCUT2D eigenvalue weighted by atomic mass is 79.9. The fraction of sp³-hybridized carbons (Fsp3) is 0. The lowest BCUT2D eigenvalue weighted by atomic mass is 10.1. The molecule has 0 radical (unpaired) electrons. The van der Waals surface area contributed by atoms with Crippen molar-refractivity contribution in [2.24, 2.45) is 0 Å². The van der Waals surface area contributed by atoms with Crippen molar-refractivity contribution < 1.29 is 14.7 Å². The number of halogens is 1. The lowest BCUT2D eigenvalue weighted by Crippen LogP contribution is -2.01. The minimum Gasteiger partial charge on any atom is -0.477 e. The Morgan fingerprint density at radius 1 is 1.22 bits per heavy atom. The van der Waals surface area contributed by atoms with Gasteiger partial charge in [0.15, 0.2) is 5.78 Å². The first-order chi connectivity index (χ1) is 8.49.